The molecule has 1 atom stereocenters. The number of hydrogen-bond acceptors (Lipinski definition) is 3. The maximum Gasteiger partial charge on any atom is 0.225 e. The Hall–Kier alpha value is -2.14. The van der Waals surface area contributed by atoms with Gasteiger partial charge < -0.3 is 10.2 Å². The topological polar surface area (TPSA) is 49.4 Å². The van der Waals surface area contributed by atoms with Crippen LogP contribution in [0.15, 0.2) is 47.8 Å². The summed E-state index contributed by atoms with van der Waals surface area (Å²) < 4.78 is 0. The van der Waals surface area contributed by atoms with Gasteiger partial charge in [0.25, 0.3) is 0 Å². The zero-order valence-corrected chi connectivity index (χ0v) is 14.3. The normalized spacial score (nSPS) is 11.7. The second-order valence-electron chi connectivity index (χ2n) is 5.36. The number of carbonyl (C=O) groups is 2. The summed E-state index contributed by atoms with van der Waals surface area (Å²) in [5.41, 5.74) is 0.947. The summed E-state index contributed by atoms with van der Waals surface area (Å²) in [5.74, 6) is -0.0866. The Morgan fingerprint density at radius 1 is 1.17 bits per heavy atom. The van der Waals surface area contributed by atoms with Gasteiger partial charge in [-0.15, -0.1) is 11.3 Å². The van der Waals surface area contributed by atoms with E-state index < -0.39 is 0 Å². The predicted octanol–water partition coefficient (Wildman–Crippen LogP) is 3.36. The molecule has 1 unspecified atom stereocenters. The summed E-state index contributed by atoms with van der Waals surface area (Å²) in [5, 5.41) is 4.89. The Morgan fingerprint density at radius 2 is 1.91 bits per heavy atom. The lowest BCUT2D eigenvalue weighted by molar-refractivity contribution is -0.132. The zero-order valence-electron chi connectivity index (χ0n) is 13.5. The van der Waals surface area contributed by atoms with Gasteiger partial charge in [-0.25, -0.2) is 0 Å². The van der Waals surface area contributed by atoms with Crippen LogP contribution >= 0.6 is 11.3 Å². The molecule has 0 saturated heterocycles. The van der Waals surface area contributed by atoms with Crippen molar-refractivity contribution in [3.63, 3.8) is 0 Å². The lowest BCUT2D eigenvalue weighted by Gasteiger charge is -2.24. The zero-order chi connectivity index (χ0) is 16.7. The van der Waals surface area contributed by atoms with Crippen LogP contribution < -0.4 is 5.32 Å². The lowest BCUT2D eigenvalue weighted by Crippen LogP contribution is -2.35. The highest BCUT2D eigenvalue weighted by Crippen LogP contribution is 2.19. The van der Waals surface area contributed by atoms with Crippen LogP contribution in [0.3, 0.4) is 0 Å². The number of nitrogens with one attached hydrogen (secondary N) is 1. The quantitative estimate of drug-likeness (QED) is 0.846. The molecule has 23 heavy (non-hydrogen) atoms. The predicted molar refractivity (Wildman–Crippen MR) is 93.0 cm³/mol. The van der Waals surface area contributed by atoms with E-state index in [-0.39, 0.29) is 24.3 Å². The number of rotatable bonds is 7. The molecule has 2 rings (SSSR count). The maximum absolute atomic E-state index is 12.6. The fourth-order valence-electron chi connectivity index (χ4n) is 2.45. The largest absolute Gasteiger partial charge is 0.349 e. The van der Waals surface area contributed by atoms with Crippen molar-refractivity contribution < 1.29 is 9.59 Å². The fourth-order valence-corrected chi connectivity index (χ4v) is 3.17. The standard InChI is InChI=1S/C18H22N2O2S/c1-3-20(13-16-10-7-11-23-16)18(22)12-17(19-14(2)21)15-8-5-4-6-9-15/h4-11,17H,3,12-13H2,1-2H3,(H,19,21). The molecule has 0 fully saturated rings. The van der Waals surface area contributed by atoms with Crippen molar-refractivity contribution in [2.75, 3.05) is 6.54 Å². The fraction of sp³-hybridized carbons (Fsp3) is 0.333. The van der Waals surface area contributed by atoms with Crippen molar-refractivity contribution in [3.8, 4) is 0 Å². The van der Waals surface area contributed by atoms with Gasteiger partial charge in [-0.3, -0.25) is 9.59 Å². The van der Waals surface area contributed by atoms with Gasteiger partial charge in [0.05, 0.1) is 19.0 Å². The first-order valence-electron chi connectivity index (χ1n) is 7.72. The molecule has 0 saturated carbocycles. The molecule has 2 amide bonds. The minimum Gasteiger partial charge on any atom is -0.349 e. The van der Waals surface area contributed by atoms with Crippen molar-refractivity contribution in [2.24, 2.45) is 0 Å². The number of benzene rings is 1. The van der Waals surface area contributed by atoms with Gasteiger partial charge in [-0.1, -0.05) is 36.4 Å². The molecular formula is C18H22N2O2S. The lowest BCUT2D eigenvalue weighted by atomic mass is 10.0. The van der Waals surface area contributed by atoms with Gasteiger partial charge in [0.1, 0.15) is 0 Å². The summed E-state index contributed by atoms with van der Waals surface area (Å²) in [7, 11) is 0. The smallest absolute Gasteiger partial charge is 0.225 e. The van der Waals surface area contributed by atoms with E-state index in [1.165, 1.54) is 6.92 Å². The average Bonchev–Trinajstić information content (AvgIpc) is 3.05. The summed E-state index contributed by atoms with van der Waals surface area (Å²) in [4.78, 5) is 27.1. The molecule has 0 bridgehead atoms. The first-order chi connectivity index (χ1) is 11.1. The third-order valence-electron chi connectivity index (χ3n) is 3.62. The molecule has 0 aliphatic heterocycles. The van der Waals surface area contributed by atoms with Crippen LogP contribution in [-0.4, -0.2) is 23.3 Å². The van der Waals surface area contributed by atoms with Crippen LogP contribution in [0.5, 0.6) is 0 Å². The van der Waals surface area contributed by atoms with Gasteiger partial charge in [0.15, 0.2) is 0 Å². The maximum atomic E-state index is 12.6. The van der Waals surface area contributed by atoms with Crippen molar-refractivity contribution in [3.05, 3.63) is 58.3 Å². The molecule has 122 valence electrons. The van der Waals surface area contributed by atoms with E-state index in [4.69, 9.17) is 0 Å². The Bertz CT molecular complexity index is 626. The van der Waals surface area contributed by atoms with Crippen molar-refractivity contribution in [1.82, 2.24) is 10.2 Å². The van der Waals surface area contributed by atoms with E-state index in [2.05, 4.69) is 5.32 Å². The van der Waals surface area contributed by atoms with Gasteiger partial charge in [-0.2, -0.15) is 0 Å². The molecule has 1 heterocycles. The first-order valence-corrected chi connectivity index (χ1v) is 8.60. The Labute approximate surface area is 141 Å². The van der Waals surface area contributed by atoms with E-state index in [9.17, 15) is 9.59 Å². The second kappa shape index (κ2) is 8.48. The third-order valence-corrected chi connectivity index (χ3v) is 4.48. The molecule has 0 aliphatic carbocycles. The molecule has 1 N–H and O–H groups in total. The molecule has 1 aromatic heterocycles. The van der Waals surface area contributed by atoms with Crippen LogP contribution in [-0.2, 0) is 16.1 Å². The Morgan fingerprint density at radius 3 is 2.48 bits per heavy atom. The number of hydrogen-bond donors (Lipinski definition) is 1. The van der Waals surface area contributed by atoms with Crippen molar-refractivity contribution in [1.29, 1.82) is 0 Å². The average molecular weight is 330 g/mol. The van der Waals surface area contributed by atoms with Crippen LogP contribution in [0.25, 0.3) is 0 Å². The van der Waals surface area contributed by atoms with Gasteiger partial charge in [0.2, 0.25) is 11.8 Å². The molecule has 0 spiro atoms. The van der Waals surface area contributed by atoms with Crippen LogP contribution in [0.4, 0.5) is 0 Å². The summed E-state index contributed by atoms with van der Waals surface area (Å²) in [6.45, 7) is 4.72. The number of thiophene rings is 1. The molecule has 5 heteroatoms. The monoisotopic (exact) mass is 330 g/mol. The van der Waals surface area contributed by atoms with Crippen molar-refractivity contribution >= 4 is 23.2 Å². The van der Waals surface area contributed by atoms with E-state index in [0.29, 0.717) is 13.1 Å². The molecule has 0 aliphatic rings. The van der Waals surface area contributed by atoms with E-state index in [1.807, 2.05) is 59.7 Å². The molecule has 0 radical (unpaired) electrons. The summed E-state index contributed by atoms with van der Waals surface area (Å²) in [6.07, 6.45) is 0.267. The minimum absolute atomic E-state index is 0.0449. The second-order valence-corrected chi connectivity index (χ2v) is 6.39. The summed E-state index contributed by atoms with van der Waals surface area (Å²) >= 11 is 1.65. The SMILES string of the molecule is CCN(Cc1cccs1)C(=O)CC(NC(C)=O)c1ccccc1. The van der Waals surface area contributed by atoms with Crippen LogP contribution in [0.1, 0.15) is 36.8 Å². The van der Waals surface area contributed by atoms with E-state index in [1.54, 1.807) is 11.3 Å². The summed E-state index contributed by atoms with van der Waals surface area (Å²) in [6, 6.07) is 13.3. The van der Waals surface area contributed by atoms with Crippen molar-refractivity contribution in [2.45, 2.75) is 32.9 Å². The Kier molecular flexibility index (Phi) is 6.35. The number of amides is 2. The number of nitrogens with zero attached hydrogens (tertiary/aromatic N) is 1. The number of carbonyl (C=O) groups excluding carboxylic acids is 2. The molecule has 4 nitrogen and oxygen atoms in total. The van der Waals surface area contributed by atoms with Crippen LogP contribution in [0.2, 0.25) is 0 Å². The van der Waals surface area contributed by atoms with E-state index in [0.717, 1.165) is 10.4 Å². The van der Waals surface area contributed by atoms with E-state index >= 15 is 0 Å². The van der Waals surface area contributed by atoms with Crippen LogP contribution in [0, 0.1) is 0 Å². The van der Waals surface area contributed by atoms with Gasteiger partial charge in [-0.05, 0) is 23.9 Å². The van der Waals surface area contributed by atoms with Gasteiger partial charge >= 0.3 is 0 Å². The minimum atomic E-state index is -0.293. The highest BCUT2D eigenvalue weighted by molar-refractivity contribution is 7.09. The highest BCUT2D eigenvalue weighted by Gasteiger charge is 2.20. The molecule has 1 aromatic carbocycles. The van der Waals surface area contributed by atoms with Gasteiger partial charge in [0, 0.05) is 18.3 Å². The first kappa shape index (κ1) is 17.2. The molecule has 2 aromatic rings. The third kappa shape index (κ3) is 5.21. The molecular weight excluding hydrogens is 308 g/mol. The highest BCUT2D eigenvalue weighted by atomic mass is 32.1. The Balaban J connectivity index is 2.07.